The van der Waals surface area contributed by atoms with Gasteiger partial charge in [-0.25, -0.2) is 0 Å². The predicted molar refractivity (Wildman–Crippen MR) is 76.7 cm³/mol. The van der Waals surface area contributed by atoms with Crippen LogP contribution >= 0.6 is 11.5 Å². The number of anilines is 1. The monoisotopic (exact) mass is 287 g/mol. The summed E-state index contributed by atoms with van der Waals surface area (Å²) in [5.74, 6) is 1.11. The first-order valence-corrected chi connectivity index (χ1v) is 6.92. The highest BCUT2D eigenvalue weighted by Gasteiger charge is 2.18. The van der Waals surface area contributed by atoms with Gasteiger partial charge >= 0.3 is 0 Å². The second-order valence-electron chi connectivity index (χ2n) is 4.24. The third kappa shape index (κ3) is 2.39. The number of rotatable bonds is 4. The lowest BCUT2D eigenvalue weighted by atomic mass is 10.2. The van der Waals surface area contributed by atoms with E-state index in [1.165, 1.54) is 11.5 Å². The zero-order chi connectivity index (χ0) is 13.9. The van der Waals surface area contributed by atoms with Crippen LogP contribution in [-0.4, -0.2) is 26.5 Å². The Morgan fingerprint density at radius 1 is 1.35 bits per heavy atom. The molecule has 20 heavy (non-hydrogen) atoms. The smallest absolute Gasteiger partial charge is 0.262 e. The highest BCUT2D eigenvalue weighted by Crippen LogP contribution is 2.33. The normalized spacial score (nSPS) is 10.7. The van der Waals surface area contributed by atoms with Gasteiger partial charge in [-0.2, -0.15) is 9.36 Å². The second-order valence-corrected chi connectivity index (χ2v) is 5.01. The van der Waals surface area contributed by atoms with Crippen molar-refractivity contribution >= 4 is 16.5 Å². The Morgan fingerprint density at radius 3 is 3.00 bits per heavy atom. The molecule has 102 valence electrons. The summed E-state index contributed by atoms with van der Waals surface area (Å²) in [5.41, 5.74) is 2.67. The molecule has 0 unspecified atom stereocenters. The average Bonchev–Trinajstić information content (AvgIpc) is 3.06. The Balaban J connectivity index is 1.89. The molecule has 0 aliphatic carbocycles. The van der Waals surface area contributed by atoms with E-state index in [1.807, 2.05) is 32.2 Å². The van der Waals surface area contributed by atoms with Crippen molar-refractivity contribution in [2.24, 2.45) is 0 Å². The fraction of sp³-hybridized carbons (Fsp3) is 0.231. The SMILES string of the molecule is CNc1snc(C)c1-c1nc(Cc2ccccn2)no1. The molecule has 0 radical (unpaired) electrons. The number of aromatic nitrogens is 4. The number of nitrogens with one attached hydrogen (secondary N) is 1. The first kappa shape index (κ1) is 12.7. The van der Waals surface area contributed by atoms with E-state index in [0.717, 1.165) is 22.0 Å². The van der Waals surface area contributed by atoms with E-state index in [-0.39, 0.29) is 0 Å². The molecule has 3 aromatic rings. The van der Waals surface area contributed by atoms with Gasteiger partial charge in [-0.3, -0.25) is 4.98 Å². The van der Waals surface area contributed by atoms with E-state index < -0.39 is 0 Å². The van der Waals surface area contributed by atoms with Gasteiger partial charge in [-0.05, 0) is 30.6 Å². The van der Waals surface area contributed by atoms with Gasteiger partial charge in [-0.1, -0.05) is 11.2 Å². The van der Waals surface area contributed by atoms with Crippen LogP contribution in [0.25, 0.3) is 11.5 Å². The van der Waals surface area contributed by atoms with E-state index in [9.17, 15) is 0 Å². The maximum atomic E-state index is 5.34. The van der Waals surface area contributed by atoms with Gasteiger partial charge < -0.3 is 9.84 Å². The molecular weight excluding hydrogens is 274 g/mol. The van der Waals surface area contributed by atoms with Crippen LogP contribution in [0.15, 0.2) is 28.9 Å². The molecule has 6 nitrogen and oxygen atoms in total. The summed E-state index contributed by atoms with van der Waals surface area (Å²) in [6.07, 6.45) is 2.30. The van der Waals surface area contributed by atoms with Crippen molar-refractivity contribution in [3.05, 3.63) is 41.6 Å². The molecule has 0 aliphatic rings. The first-order chi connectivity index (χ1) is 9.78. The predicted octanol–water partition coefficient (Wildman–Crippen LogP) is 2.53. The number of pyridine rings is 1. The molecule has 0 amide bonds. The van der Waals surface area contributed by atoms with Crippen molar-refractivity contribution in [3.8, 4) is 11.5 Å². The van der Waals surface area contributed by atoms with Gasteiger partial charge in [0.2, 0.25) is 0 Å². The number of hydrogen-bond donors (Lipinski definition) is 1. The molecule has 0 bridgehead atoms. The quantitative estimate of drug-likeness (QED) is 0.794. The summed E-state index contributed by atoms with van der Waals surface area (Å²) in [6, 6.07) is 5.76. The molecule has 1 N–H and O–H groups in total. The number of hydrogen-bond acceptors (Lipinski definition) is 7. The molecule has 3 heterocycles. The topological polar surface area (TPSA) is 76.7 Å². The second kappa shape index (κ2) is 5.38. The van der Waals surface area contributed by atoms with Crippen molar-refractivity contribution in [1.82, 2.24) is 19.5 Å². The lowest BCUT2D eigenvalue weighted by Gasteiger charge is -1.96. The zero-order valence-corrected chi connectivity index (χ0v) is 11.9. The lowest BCUT2D eigenvalue weighted by Crippen LogP contribution is -1.93. The van der Waals surface area contributed by atoms with E-state index in [0.29, 0.717) is 18.1 Å². The molecule has 0 fully saturated rings. The summed E-state index contributed by atoms with van der Waals surface area (Å²) in [4.78, 5) is 8.68. The molecule has 0 atom stereocenters. The zero-order valence-electron chi connectivity index (χ0n) is 11.1. The molecular formula is C13H13N5OS. The summed E-state index contributed by atoms with van der Waals surface area (Å²) in [6.45, 7) is 1.93. The Kier molecular flexibility index (Phi) is 3.42. The molecule has 0 spiro atoms. The largest absolute Gasteiger partial charge is 0.378 e. The minimum Gasteiger partial charge on any atom is -0.378 e. The third-order valence-electron chi connectivity index (χ3n) is 2.84. The van der Waals surface area contributed by atoms with Crippen molar-refractivity contribution in [2.45, 2.75) is 13.3 Å². The molecule has 3 rings (SSSR count). The fourth-order valence-electron chi connectivity index (χ4n) is 1.88. The van der Waals surface area contributed by atoms with E-state index in [2.05, 4.69) is 24.8 Å². The Morgan fingerprint density at radius 2 is 2.25 bits per heavy atom. The number of nitrogens with zero attached hydrogens (tertiary/aromatic N) is 4. The standard InChI is InChI=1S/C13H13N5OS/c1-8-11(13(14-2)20-18-8)12-16-10(17-19-12)7-9-5-3-4-6-15-9/h3-6,14H,7H2,1-2H3. The van der Waals surface area contributed by atoms with Crippen LogP contribution < -0.4 is 5.32 Å². The van der Waals surface area contributed by atoms with Crippen LogP contribution in [0.2, 0.25) is 0 Å². The van der Waals surface area contributed by atoms with Gasteiger partial charge in [0, 0.05) is 18.9 Å². The van der Waals surface area contributed by atoms with E-state index >= 15 is 0 Å². The van der Waals surface area contributed by atoms with Gasteiger partial charge in [0.05, 0.1) is 17.7 Å². The van der Waals surface area contributed by atoms with Crippen molar-refractivity contribution in [1.29, 1.82) is 0 Å². The van der Waals surface area contributed by atoms with Crippen LogP contribution in [0.5, 0.6) is 0 Å². The van der Waals surface area contributed by atoms with Crippen LogP contribution in [0, 0.1) is 6.92 Å². The van der Waals surface area contributed by atoms with Crippen molar-refractivity contribution < 1.29 is 4.52 Å². The van der Waals surface area contributed by atoms with E-state index in [1.54, 1.807) is 6.20 Å². The maximum Gasteiger partial charge on any atom is 0.262 e. The van der Waals surface area contributed by atoms with Gasteiger partial charge in [0.1, 0.15) is 5.00 Å². The first-order valence-electron chi connectivity index (χ1n) is 6.15. The molecule has 3 aromatic heterocycles. The molecule has 0 saturated carbocycles. The fourth-order valence-corrected chi connectivity index (χ4v) is 2.62. The van der Waals surface area contributed by atoms with Gasteiger partial charge in [-0.15, -0.1) is 0 Å². The summed E-state index contributed by atoms with van der Waals surface area (Å²) in [5, 5.41) is 8.02. The molecule has 7 heteroatoms. The highest BCUT2D eigenvalue weighted by molar-refractivity contribution is 7.10. The Bertz CT molecular complexity index is 707. The Hall–Kier alpha value is -2.28. The average molecular weight is 287 g/mol. The minimum absolute atomic E-state index is 0.492. The summed E-state index contributed by atoms with van der Waals surface area (Å²) < 4.78 is 9.64. The molecule has 0 aromatic carbocycles. The van der Waals surface area contributed by atoms with Crippen LogP contribution in [0.1, 0.15) is 17.2 Å². The number of aryl methyl sites for hydroxylation is 1. The lowest BCUT2D eigenvalue weighted by molar-refractivity contribution is 0.423. The summed E-state index contributed by atoms with van der Waals surface area (Å²) in [7, 11) is 1.85. The van der Waals surface area contributed by atoms with Crippen molar-refractivity contribution in [3.63, 3.8) is 0 Å². The van der Waals surface area contributed by atoms with E-state index in [4.69, 9.17) is 4.52 Å². The van der Waals surface area contributed by atoms with Crippen LogP contribution in [0.3, 0.4) is 0 Å². The van der Waals surface area contributed by atoms with Gasteiger partial charge in [0.25, 0.3) is 5.89 Å². The van der Waals surface area contributed by atoms with Crippen molar-refractivity contribution in [2.75, 3.05) is 12.4 Å². The van der Waals surface area contributed by atoms with Crippen LogP contribution in [-0.2, 0) is 6.42 Å². The third-order valence-corrected chi connectivity index (χ3v) is 3.79. The van der Waals surface area contributed by atoms with Crippen LogP contribution in [0.4, 0.5) is 5.00 Å². The van der Waals surface area contributed by atoms with Gasteiger partial charge in [0.15, 0.2) is 5.82 Å². The Labute approximate surface area is 120 Å². The molecule has 0 aliphatic heterocycles. The minimum atomic E-state index is 0.492. The highest BCUT2D eigenvalue weighted by atomic mass is 32.1. The molecule has 0 saturated heterocycles. The summed E-state index contributed by atoms with van der Waals surface area (Å²) >= 11 is 1.38. The maximum absolute atomic E-state index is 5.34.